The van der Waals surface area contributed by atoms with Gasteiger partial charge in [-0.3, -0.25) is 0 Å². The molecule has 0 N–H and O–H groups in total. The van der Waals surface area contributed by atoms with Gasteiger partial charge in [-0.15, -0.1) is 0 Å². The molecule has 0 saturated heterocycles. The Morgan fingerprint density at radius 3 is 2.38 bits per heavy atom. The molecular weight excluding hydrogens is 313 g/mol. The third-order valence-corrected chi connectivity index (χ3v) is 3.91. The van der Waals surface area contributed by atoms with E-state index in [1.54, 1.807) is 0 Å². The third-order valence-electron chi connectivity index (χ3n) is 3.91. The Hall–Kier alpha value is -2.30. The maximum atomic E-state index is 12.9. The van der Waals surface area contributed by atoms with Gasteiger partial charge in [0, 0.05) is 13.0 Å². The Bertz CT molecular complexity index is 833. The first kappa shape index (κ1) is 16.6. The highest BCUT2D eigenvalue weighted by Gasteiger charge is 2.31. The van der Waals surface area contributed by atoms with E-state index >= 15 is 0 Å². The summed E-state index contributed by atoms with van der Waals surface area (Å²) in [6, 6.07) is 13.6. The smallest absolute Gasteiger partial charge is 0.327 e. The minimum absolute atomic E-state index is 0.374. The lowest BCUT2D eigenvalue weighted by atomic mass is 10.1. The number of rotatable bonds is 4. The minimum atomic E-state index is -4.35. The molecule has 0 spiro atoms. The molecule has 1 aromatic heterocycles. The van der Waals surface area contributed by atoms with E-state index in [0.29, 0.717) is 17.9 Å². The summed E-state index contributed by atoms with van der Waals surface area (Å²) in [5, 5.41) is 0. The molecular formula is C19H19F3N2. The molecule has 24 heavy (non-hydrogen) atoms. The molecule has 0 aliphatic rings. The van der Waals surface area contributed by atoms with Crippen LogP contribution < -0.4 is 0 Å². The molecule has 1 heterocycles. The summed E-state index contributed by atoms with van der Waals surface area (Å²) in [6.07, 6.45) is -3.75. The van der Waals surface area contributed by atoms with Crippen LogP contribution in [0.15, 0.2) is 48.5 Å². The van der Waals surface area contributed by atoms with Crippen molar-refractivity contribution in [1.82, 2.24) is 9.55 Å². The lowest BCUT2D eigenvalue weighted by Gasteiger charge is -2.12. The predicted octanol–water partition coefficient (Wildman–Crippen LogP) is 5.30. The second-order valence-corrected chi connectivity index (χ2v) is 6.40. The van der Waals surface area contributed by atoms with Crippen molar-refractivity contribution in [2.24, 2.45) is 5.92 Å². The average molecular weight is 332 g/mol. The number of hydrogen-bond donors (Lipinski definition) is 0. The molecule has 3 aromatic rings. The normalized spacial score (nSPS) is 12.2. The van der Waals surface area contributed by atoms with Gasteiger partial charge >= 0.3 is 6.18 Å². The van der Waals surface area contributed by atoms with Crippen molar-refractivity contribution in [3.05, 3.63) is 65.5 Å². The quantitative estimate of drug-likeness (QED) is 0.634. The number of halogens is 3. The molecule has 0 unspecified atom stereocenters. The van der Waals surface area contributed by atoms with Gasteiger partial charge in [-0.2, -0.15) is 13.2 Å². The zero-order valence-electron chi connectivity index (χ0n) is 13.6. The number of alkyl halides is 3. The molecule has 0 aliphatic heterocycles. The van der Waals surface area contributed by atoms with Crippen LogP contribution in [-0.2, 0) is 19.1 Å². The van der Waals surface area contributed by atoms with Crippen molar-refractivity contribution in [3.63, 3.8) is 0 Å². The molecule has 2 aromatic carbocycles. The maximum absolute atomic E-state index is 12.9. The topological polar surface area (TPSA) is 17.8 Å². The highest BCUT2D eigenvalue weighted by atomic mass is 19.4. The summed E-state index contributed by atoms with van der Waals surface area (Å²) in [4.78, 5) is 4.50. The Balaban J connectivity index is 2.09. The maximum Gasteiger partial charge on any atom is 0.416 e. The van der Waals surface area contributed by atoms with Gasteiger partial charge in [0.25, 0.3) is 0 Å². The van der Waals surface area contributed by atoms with E-state index in [9.17, 15) is 13.2 Å². The molecule has 126 valence electrons. The highest BCUT2D eigenvalue weighted by molar-refractivity contribution is 5.77. The molecule has 0 amide bonds. The van der Waals surface area contributed by atoms with E-state index in [1.807, 2.05) is 34.9 Å². The Labute approximate surface area is 138 Å². The summed E-state index contributed by atoms with van der Waals surface area (Å²) in [7, 11) is 0. The van der Waals surface area contributed by atoms with Gasteiger partial charge in [0.2, 0.25) is 0 Å². The van der Waals surface area contributed by atoms with Gasteiger partial charge in [0.1, 0.15) is 5.82 Å². The van der Waals surface area contributed by atoms with E-state index in [4.69, 9.17) is 0 Å². The van der Waals surface area contributed by atoms with E-state index in [2.05, 4.69) is 18.8 Å². The second kappa shape index (κ2) is 6.30. The highest BCUT2D eigenvalue weighted by Crippen LogP contribution is 2.32. The second-order valence-electron chi connectivity index (χ2n) is 6.40. The zero-order chi connectivity index (χ0) is 17.3. The molecule has 0 aliphatic carbocycles. The van der Waals surface area contributed by atoms with Gasteiger partial charge in [0.15, 0.2) is 0 Å². The summed E-state index contributed by atoms with van der Waals surface area (Å²) >= 11 is 0. The number of fused-ring (bicyclic) bond motifs is 1. The van der Waals surface area contributed by atoms with Gasteiger partial charge in [0.05, 0.1) is 16.6 Å². The molecule has 3 rings (SSSR count). The van der Waals surface area contributed by atoms with E-state index in [0.717, 1.165) is 35.6 Å². The first-order valence-electron chi connectivity index (χ1n) is 7.95. The Morgan fingerprint density at radius 2 is 1.75 bits per heavy atom. The molecule has 0 bridgehead atoms. The Kier molecular flexibility index (Phi) is 4.35. The van der Waals surface area contributed by atoms with E-state index < -0.39 is 11.7 Å². The van der Waals surface area contributed by atoms with Crippen LogP contribution in [-0.4, -0.2) is 9.55 Å². The van der Waals surface area contributed by atoms with Crippen molar-refractivity contribution >= 4 is 11.0 Å². The van der Waals surface area contributed by atoms with Gasteiger partial charge in [-0.25, -0.2) is 4.98 Å². The molecule has 0 atom stereocenters. The standard InChI is InChI=1S/C19H19F3N2/c1-13(2)12-24-17-9-8-15(19(20,21)22)11-16(17)23-18(24)10-14-6-4-3-5-7-14/h3-9,11,13H,10,12H2,1-2H3. The fraction of sp³-hybridized carbons (Fsp3) is 0.316. The van der Waals surface area contributed by atoms with Crippen LogP contribution in [0.3, 0.4) is 0 Å². The van der Waals surface area contributed by atoms with Crippen LogP contribution in [0, 0.1) is 5.92 Å². The number of nitrogens with zero attached hydrogens (tertiary/aromatic N) is 2. The predicted molar refractivity (Wildman–Crippen MR) is 88.8 cm³/mol. The monoisotopic (exact) mass is 332 g/mol. The molecule has 0 radical (unpaired) electrons. The lowest BCUT2D eigenvalue weighted by Crippen LogP contribution is -2.09. The van der Waals surface area contributed by atoms with E-state index in [1.165, 1.54) is 6.07 Å². The van der Waals surface area contributed by atoms with Crippen LogP contribution in [0.5, 0.6) is 0 Å². The van der Waals surface area contributed by atoms with Crippen molar-refractivity contribution in [2.75, 3.05) is 0 Å². The van der Waals surface area contributed by atoms with Crippen molar-refractivity contribution < 1.29 is 13.2 Å². The summed E-state index contributed by atoms with van der Waals surface area (Å²) in [5.74, 6) is 1.17. The molecule has 0 fully saturated rings. The fourth-order valence-electron chi connectivity index (χ4n) is 2.84. The van der Waals surface area contributed by atoms with Gasteiger partial charge < -0.3 is 4.57 Å². The molecule has 0 saturated carbocycles. The van der Waals surface area contributed by atoms with Crippen LogP contribution in [0.25, 0.3) is 11.0 Å². The number of imidazole rings is 1. The number of benzene rings is 2. The van der Waals surface area contributed by atoms with E-state index in [-0.39, 0.29) is 0 Å². The van der Waals surface area contributed by atoms with Crippen molar-refractivity contribution in [1.29, 1.82) is 0 Å². The number of aromatic nitrogens is 2. The summed E-state index contributed by atoms with van der Waals surface area (Å²) < 4.78 is 40.9. The third kappa shape index (κ3) is 3.45. The Morgan fingerprint density at radius 1 is 1.04 bits per heavy atom. The SMILES string of the molecule is CC(C)Cn1c(Cc2ccccc2)nc2cc(C(F)(F)F)ccc21. The molecule has 2 nitrogen and oxygen atoms in total. The summed E-state index contributed by atoms with van der Waals surface area (Å²) in [6.45, 7) is 4.90. The lowest BCUT2D eigenvalue weighted by molar-refractivity contribution is -0.137. The minimum Gasteiger partial charge on any atom is -0.327 e. The van der Waals surface area contributed by atoms with Crippen LogP contribution in [0.4, 0.5) is 13.2 Å². The molecule has 5 heteroatoms. The summed E-state index contributed by atoms with van der Waals surface area (Å²) in [5.41, 5.74) is 1.59. The fourth-order valence-corrected chi connectivity index (χ4v) is 2.84. The van der Waals surface area contributed by atoms with Crippen LogP contribution in [0.2, 0.25) is 0 Å². The van der Waals surface area contributed by atoms with Crippen LogP contribution in [0.1, 0.15) is 30.8 Å². The zero-order valence-corrected chi connectivity index (χ0v) is 13.6. The first-order valence-corrected chi connectivity index (χ1v) is 7.95. The van der Waals surface area contributed by atoms with Crippen molar-refractivity contribution in [3.8, 4) is 0 Å². The largest absolute Gasteiger partial charge is 0.416 e. The van der Waals surface area contributed by atoms with Gasteiger partial charge in [-0.1, -0.05) is 44.2 Å². The number of hydrogen-bond acceptors (Lipinski definition) is 1. The van der Waals surface area contributed by atoms with Gasteiger partial charge in [-0.05, 0) is 29.7 Å². The first-order chi connectivity index (χ1) is 11.3. The van der Waals surface area contributed by atoms with Crippen molar-refractivity contribution in [2.45, 2.75) is 33.0 Å². The van der Waals surface area contributed by atoms with Crippen LogP contribution >= 0.6 is 0 Å². The average Bonchev–Trinajstić information content (AvgIpc) is 2.84.